The van der Waals surface area contributed by atoms with Crippen molar-refractivity contribution in [3.8, 4) is 0 Å². The molecule has 2 heterocycles. The predicted molar refractivity (Wildman–Crippen MR) is 76.2 cm³/mol. The van der Waals surface area contributed by atoms with Gasteiger partial charge in [-0.2, -0.15) is 0 Å². The summed E-state index contributed by atoms with van der Waals surface area (Å²) in [6.07, 6.45) is 0.380. The number of benzene rings is 1. The van der Waals surface area contributed by atoms with E-state index in [1.54, 1.807) is 9.80 Å². The lowest BCUT2D eigenvalue weighted by Crippen LogP contribution is -2.41. The van der Waals surface area contributed by atoms with Crippen molar-refractivity contribution in [2.45, 2.75) is 11.8 Å². The second-order valence-corrected chi connectivity index (χ2v) is 5.54. The van der Waals surface area contributed by atoms with Crippen LogP contribution in [0.5, 0.6) is 0 Å². The molecule has 1 aromatic carbocycles. The molecule has 20 heavy (non-hydrogen) atoms. The van der Waals surface area contributed by atoms with Gasteiger partial charge < -0.3 is 14.5 Å². The highest BCUT2D eigenvalue weighted by Crippen LogP contribution is 2.27. The zero-order chi connectivity index (χ0) is 14.1. The van der Waals surface area contributed by atoms with Crippen molar-refractivity contribution in [3.05, 3.63) is 24.3 Å². The molecular weight excluding hydrogens is 280 g/mol. The van der Waals surface area contributed by atoms with Crippen LogP contribution in [0.2, 0.25) is 0 Å². The number of hydrogen-bond donors (Lipinski definition) is 0. The van der Waals surface area contributed by atoms with Crippen molar-refractivity contribution in [2.24, 2.45) is 0 Å². The maximum absolute atomic E-state index is 11.8. The van der Waals surface area contributed by atoms with Crippen molar-refractivity contribution in [2.75, 3.05) is 36.1 Å². The fourth-order valence-corrected chi connectivity index (χ4v) is 2.79. The van der Waals surface area contributed by atoms with Crippen molar-refractivity contribution in [1.29, 1.82) is 0 Å². The van der Waals surface area contributed by atoms with Gasteiger partial charge in [0.05, 0.1) is 12.0 Å². The van der Waals surface area contributed by atoms with E-state index in [0.29, 0.717) is 26.1 Å². The van der Waals surface area contributed by atoms with Crippen molar-refractivity contribution < 1.29 is 14.3 Å². The first kappa shape index (κ1) is 13.4. The number of alkyl halides is 1. The summed E-state index contributed by atoms with van der Waals surface area (Å²) in [7, 11) is 0. The summed E-state index contributed by atoms with van der Waals surface area (Å²) in [6, 6.07) is 7.41. The maximum Gasteiger partial charge on any atom is 0.253 e. The number of rotatable bonds is 2. The van der Waals surface area contributed by atoms with Gasteiger partial charge in [-0.1, -0.05) is 0 Å². The van der Waals surface area contributed by atoms with Crippen LogP contribution in [0.4, 0.5) is 11.4 Å². The number of morpholine rings is 1. The lowest BCUT2D eigenvalue weighted by atomic mass is 10.2. The Bertz CT molecular complexity index is 503. The molecule has 0 radical (unpaired) electrons. The normalized spacial score (nSPS) is 23.6. The number of carbonyl (C=O) groups is 2. The van der Waals surface area contributed by atoms with Crippen molar-refractivity contribution in [3.63, 3.8) is 0 Å². The molecule has 0 aliphatic carbocycles. The van der Waals surface area contributed by atoms with Crippen LogP contribution >= 0.6 is 11.6 Å². The van der Waals surface area contributed by atoms with Gasteiger partial charge in [0, 0.05) is 30.9 Å². The fraction of sp³-hybridized carbons (Fsp3) is 0.429. The second-order valence-electron chi connectivity index (χ2n) is 4.92. The molecule has 1 unspecified atom stereocenters. The Labute approximate surface area is 122 Å². The van der Waals surface area contributed by atoms with E-state index in [2.05, 4.69) is 0 Å². The Kier molecular flexibility index (Phi) is 3.63. The molecular formula is C14H15ClN2O3. The average molecular weight is 295 g/mol. The molecule has 0 saturated carbocycles. The minimum atomic E-state index is -0.122. The summed E-state index contributed by atoms with van der Waals surface area (Å²) in [5.74, 6) is 0.00210. The first-order chi connectivity index (χ1) is 9.65. The molecule has 2 saturated heterocycles. The Morgan fingerprint density at radius 2 is 1.70 bits per heavy atom. The summed E-state index contributed by atoms with van der Waals surface area (Å²) >= 11 is 5.99. The standard InChI is InChI=1S/C14H15ClN2O3/c15-10-7-13(18)17(8-10)12-3-1-11(2-4-12)16-5-6-20-9-14(16)19/h1-4,10H,5-9H2. The van der Waals surface area contributed by atoms with E-state index in [4.69, 9.17) is 16.3 Å². The summed E-state index contributed by atoms with van der Waals surface area (Å²) in [6.45, 7) is 1.77. The first-order valence-electron chi connectivity index (χ1n) is 6.58. The van der Waals surface area contributed by atoms with Crippen LogP contribution in [0.15, 0.2) is 24.3 Å². The molecule has 2 aliphatic rings. The summed E-state index contributed by atoms with van der Waals surface area (Å²) in [4.78, 5) is 26.9. The predicted octanol–water partition coefficient (Wildman–Crippen LogP) is 1.39. The Balaban J connectivity index is 1.77. The van der Waals surface area contributed by atoms with Crippen LogP contribution in [-0.2, 0) is 14.3 Å². The maximum atomic E-state index is 11.8. The number of anilines is 2. The van der Waals surface area contributed by atoms with Gasteiger partial charge in [-0.3, -0.25) is 9.59 Å². The van der Waals surface area contributed by atoms with Crippen LogP contribution in [0, 0.1) is 0 Å². The number of amides is 2. The molecule has 2 amide bonds. The van der Waals surface area contributed by atoms with Gasteiger partial charge in [-0.15, -0.1) is 11.6 Å². The first-order valence-corrected chi connectivity index (χ1v) is 7.01. The summed E-state index contributed by atoms with van der Waals surface area (Å²) < 4.78 is 5.11. The zero-order valence-electron chi connectivity index (χ0n) is 10.9. The monoisotopic (exact) mass is 294 g/mol. The highest BCUT2D eigenvalue weighted by atomic mass is 35.5. The van der Waals surface area contributed by atoms with Gasteiger partial charge in [-0.25, -0.2) is 0 Å². The molecule has 0 bridgehead atoms. The molecule has 0 aromatic heterocycles. The number of ether oxygens (including phenoxy) is 1. The van der Waals surface area contributed by atoms with E-state index < -0.39 is 0 Å². The van der Waals surface area contributed by atoms with Gasteiger partial charge in [0.25, 0.3) is 5.91 Å². The minimum absolute atomic E-state index is 0.0397. The van der Waals surface area contributed by atoms with Gasteiger partial charge in [0.2, 0.25) is 5.91 Å². The third kappa shape index (κ3) is 2.51. The molecule has 6 heteroatoms. The number of hydrogen-bond acceptors (Lipinski definition) is 3. The lowest BCUT2D eigenvalue weighted by Gasteiger charge is -2.27. The Morgan fingerprint density at radius 1 is 1.05 bits per heavy atom. The second kappa shape index (κ2) is 5.42. The number of nitrogens with zero attached hydrogens (tertiary/aromatic N) is 2. The molecule has 5 nitrogen and oxygen atoms in total. The zero-order valence-corrected chi connectivity index (χ0v) is 11.7. The number of carbonyl (C=O) groups excluding carboxylic acids is 2. The van der Waals surface area contributed by atoms with E-state index in [0.717, 1.165) is 11.4 Å². The van der Waals surface area contributed by atoms with Crippen molar-refractivity contribution >= 4 is 34.8 Å². The third-order valence-corrected chi connectivity index (χ3v) is 3.83. The molecule has 1 atom stereocenters. The highest BCUT2D eigenvalue weighted by molar-refractivity contribution is 6.24. The van der Waals surface area contributed by atoms with Gasteiger partial charge in [-0.05, 0) is 24.3 Å². The SMILES string of the molecule is O=C1COCCN1c1ccc(N2CC(Cl)CC2=O)cc1. The topological polar surface area (TPSA) is 49.9 Å². The van der Waals surface area contributed by atoms with E-state index >= 15 is 0 Å². The highest BCUT2D eigenvalue weighted by Gasteiger charge is 2.29. The van der Waals surface area contributed by atoms with Crippen LogP contribution in [0.25, 0.3) is 0 Å². The van der Waals surface area contributed by atoms with Crippen LogP contribution in [0.1, 0.15) is 6.42 Å². The van der Waals surface area contributed by atoms with E-state index in [9.17, 15) is 9.59 Å². The Hall–Kier alpha value is -1.59. The minimum Gasteiger partial charge on any atom is -0.370 e. The molecule has 3 rings (SSSR count). The van der Waals surface area contributed by atoms with E-state index in [-0.39, 0.29) is 23.8 Å². The average Bonchev–Trinajstić information content (AvgIpc) is 2.79. The summed E-state index contributed by atoms with van der Waals surface area (Å²) in [5, 5.41) is -0.122. The van der Waals surface area contributed by atoms with Gasteiger partial charge in [0.15, 0.2) is 0 Å². The van der Waals surface area contributed by atoms with Crippen molar-refractivity contribution in [1.82, 2.24) is 0 Å². The quantitative estimate of drug-likeness (QED) is 0.775. The van der Waals surface area contributed by atoms with Gasteiger partial charge in [0.1, 0.15) is 6.61 Å². The van der Waals surface area contributed by atoms with Crippen LogP contribution < -0.4 is 9.80 Å². The summed E-state index contributed by atoms with van der Waals surface area (Å²) in [5.41, 5.74) is 1.65. The van der Waals surface area contributed by atoms with E-state index in [1.165, 1.54) is 0 Å². The van der Waals surface area contributed by atoms with E-state index in [1.807, 2.05) is 24.3 Å². The molecule has 2 fully saturated rings. The number of halogens is 1. The third-order valence-electron chi connectivity index (χ3n) is 3.54. The largest absolute Gasteiger partial charge is 0.370 e. The molecule has 0 N–H and O–H groups in total. The molecule has 106 valence electrons. The fourth-order valence-electron chi connectivity index (χ4n) is 2.52. The lowest BCUT2D eigenvalue weighted by molar-refractivity contribution is -0.125. The van der Waals surface area contributed by atoms with Crippen LogP contribution in [0.3, 0.4) is 0 Å². The molecule has 0 spiro atoms. The smallest absolute Gasteiger partial charge is 0.253 e. The van der Waals surface area contributed by atoms with Crippen LogP contribution in [-0.4, -0.2) is 43.5 Å². The molecule has 1 aromatic rings. The molecule has 2 aliphatic heterocycles. The Morgan fingerprint density at radius 3 is 2.25 bits per heavy atom. The van der Waals surface area contributed by atoms with Gasteiger partial charge >= 0.3 is 0 Å².